The quantitative estimate of drug-likeness (QED) is 0.754. The van der Waals surface area contributed by atoms with Crippen LogP contribution in [0.25, 0.3) is 0 Å². The topological polar surface area (TPSA) is 32.3 Å². The molecule has 1 N–H and O–H groups in total. The molecule has 1 saturated heterocycles. The summed E-state index contributed by atoms with van der Waals surface area (Å²) in [6.45, 7) is 0. The first-order valence-electron chi connectivity index (χ1n) is 6.48. The van der Waals surface area contributed by atoms with Crippen molar-refractivity contribution < 1.29 is 18.0 Å². The van der Waals surface area contributed by atoms with Crippen LogP contribution < -0.4 is 10.2 Å². The van der Waals surface area contributed by atoms with Gasteiger partial charge in [-0.2, -0.15) is 13.2 Å². The second kappa shape index (κ2) is 5.05. The number of alkyl halides is 3. The Bertz CT molecular complexity index is 614. The van der Waals surface area contributed by atoms with Crippen molar-refractivity contribution >= 4 is 27.6 Å². The molecule has 21 heavy (non-hydrogen) atoms. The average molecular weight is 361 g/mol. The Labute approximate surface area is 127 Å². The number of halogens is 4. The van der Waals surface area contributed by atoms with E-state index in [1.54, 1.807) is 23.1 Å². The first-order chi connectivity index (χ1) is 9.86. The molecule has 1 aromatic carbocycles. The lowest BCUT2D eigenvalue weighted by molar-refractivity contribution is -0.0957. The molecular formula is C14H12BrF3N2O. The maximum absolute atomic E-state index is 12.8. The molecule has 112 valence electrons. The number of nitrogens with zero attached hydrogens (tertiary/aromatic N) is 1. The fourth-order valence-corrected chi connectivity index (χ4v) is 3.25. The van der Waals surface area contributed by atoms with Crippen LogP contribution in [0.4, 0.5) is 23.7 Å². The van der Waals surface area contributed by atoms with Crippen LogP contribution >= 0.6 is 15.9 Å². The summed E-state index contributed by atoms with van der Waals surface area (Å²) < 4.78 is 39.1. The third-order valence-electron chi connectivity index (χ3n) is 3.82. The van der Waals surface area contributed by atoms with Gasteiger partial charge in [-0.3, -0.25) is 4.90 Å². The summed E-state index contributed by atoms with van der Waals surface area (Å²) in [6.07, 6.45) is -3.10. The number of fused-ring (bicyclic) bond motifs is 1. The first-order valence-corrected chi connectivity index (χ1v) is 7.27. The van der Waals surface area contributed by atoms with Crippen molar-refractivity contribution in [1.82, 2.24) is 5.32 Å². The Balaban J connectivity index is 1.89. The first kappa shape index (κ1) is 14.4. The molecule has 0 bridgehead atoms. The zero-order valence-electron chi connectivity index (χ0n) is 10.8. The van der Waals surface area contributed by atoms with Gasteiger partial charge in [-0.05, 0) is 31.0 Å². The van der Waals surface area contributed by atoms with Crippen LogP contribution in [-0.2, 0) is 0 Å². The summed E-state index contributed by atoms with van der Waals surface area (Å²) in [7, 11) is 0. The fourth-order valence-electron chi connectivity index (χ4n) is 2.86. The number of hydrogen-bond acceptors (Lipinski definition) is 1. The predicted octanol–water partition coefficient (Wildman–Crippen LogP) is 4.00. The zero-order valence-corrected chi connectivity index (χ0v) is 12.4. The number of carbonyl (C=O) groups is 1. The number of hydrogen-bond donors (Lipinski definition) is 1. The van der Waals surface area contributed by atoms with Crippen molar-refractivity contribution in [3.63, 3.8) is 0 Å². The zero-order chi connectivity index (χ0) is 15.2. The molecule has 0 radical (unpaired) electrons. The third-order valence-corrected chi connectivity index (χ3v) is 4.31. The number of benzene rings is 1. The lowest BCUT2D eigenvalue weighted by Gasteiger charge is -2.30. The normalized spacial score (nSPS) is 25.4. The largest absolute Gasteiger partial charge is 0.412 e. The highest BCUT2D eigenvalue weighted by Crippen LogP contribution is 2.38. The number of nitrogens with one attached hydrogen (secondary N) is 1. The van der Waals surface area contributed by atoms with Gasteiger partial charge >= 0.3 is 12.2 Å². The van der Waals surface area contributed by atoms with Gasteiger partial charge in [0.1, 0.15) is 0 Å². The summed E-state index contributed by atoms with van der Waals surface area (Å²) in [6, 6.07) is 6.05. The Hall–Kier alpha value is -1.50. The Kier molecular flexibility index (Phi) is 3.47. The van der Waals surface area contributed by atoms with Gasteiger partial charge in [0.25, 0.3) is 0 Å². The molecule has 3 nitrogen and oxygen atoms in total. The van der Waals surface area contributed by atoms with Gasteiger partial charge in [-0.15, -0.1) is 0 Å². The maximum atomic E-state index is 12.8. The van der Waals surface area contributed by atoms with Gasteiger partial charge in [0.05, 0.1) is 12.1 Å². The van der Waals surface area contributed by atoms with Crippen molar-refractivity contribution in [2.75, 3.05) is 4.90 Å². The number of urea groups is 1. The van der Waals surface area contributed by atoms with Crippen molar-refractivity contribution in [3.05, 3.63) is 40.4 Å². The van der Waals surface area contributed by atoms with Crippen LogP contribution in [0.1, 0.15) is 12.8 Å². The van der Waals surface area contributed by atoms with Crippen LogP contribution in [-0.4, -0.2) is 24.3 Å². The van der Waals surface area contributed by atoms with Gasteiger partial charge in [-0.25, -0.2) is 4.79 Å². The van der Waals surface area contributed by atoms with Crippen LogP contribution in [0.3, 0.4) is 0 Å². The molecule has 2 atom stereocenters. The highest BCUT2D eigenvalue weighted by molar-refractivity contribution is 9.10. The van der Waals surface area contributed by atoms with Crippen molar-refractivity contribution in [2.45, 2.75) is 31.1 Å². The average Bonchev–Trinajstić information content (AvgIpc) is 2.72. The molecule has 0 saturated carbocycles. The fraction of sp³-hybridized carbons (Fsp3) is 0.357. The van der Waals surface area contributed by atoms with E-state index in [2.05, 4.69) is 21.2 Å². The lowest BCUT2D eigenvalue weighted by atomic mass is 9.90. The van der Waals surface area contributed by atoms with E-state index < -0.39 is 17.8 Å². The molecule has 1 aliphatic heterocycles. The summed E-state index contributed by atoms with van der Waals surface area (Å²) in [5.41, 5.74) is 0.123. The second-order valence-electron chi connectivity index (χ2n) is 5.14. The van der Waals surface area contributed by atoms with Crippen LogP contribution in [0.15, 0.2) is 40.4 Å². The van der Waals surface area contributed by atoms with E-state index in [-0.39, 0.29) is 24.9 Å². The molecule has 1 fully saturated rings. The maximum Gasteiger partial charge on any atom is 0.412 e. The van der Waals surface area contributed by atoms with E-state index in [1.807, 2.05) is 6.07 Å². The van der Waals surface area contributed by atoms with Crippen molar-refractivity contribution in [3.8, 4) is 0 Å². The summed E-state index contributed by atoms with van der Waals surface area (Å²) in [4.78, 5) is 13.6. The summed E-state index contributed by atoms with van der Waals surface area (Å²) >= 11 is 3.33. The summed E-state index contributed by atoms with van der Waals surface area (Å²) in [5, 5.41) is 2.66. The minimum Gasteiger partial charge on any atom is -0.333 e. The van der Waals surface area contributed by atoms with Crippen LogP contribution in [0.5, 0.6) is 0 Å². The molecule has 7 heteroatoms. The lowest BCUT2D eigenvalue weighted by Crippen LogP contribution is -2.40. The van der Waals surface area contributed by atoms with E-state index in [0.717, 1.165) is 4.47 Å². The molecule has 0 spiro atoms. The number of amides is 2. The smallest absolute Gasteiger partial charge is 0.333 e. The summed E-state index contributed by atoms with van der Waals surface area (Å²) in [5.74, 6) is 0. The monoisotopic (exact) mass is 360 g/mol. The van der Waals surface area contributed by atoms with Gasteiger partial charge in [-0.1, -0.05) is 28.1 Å². The van der Waals surface area contributed by atoms with Crippen molar-refractivity contribution in [1.29, 1.82) is 0 Å². The molecule has 3 rings (SSSR count). The predicted molar refractivity (Wildman–Crippen MR) is 76.1 cm³/mol. The molecule has 1 aliphatic carbocycles. The van der Waals surface area contributed by atoms with E-state index in [4.69, 9.17) is 0 Å². The minimum atomic E-state index is -4.32. The molecule has 2 unspecified atom stereocenters. The van der Waals surface area contributed by atoms with E-state index in [1.165, 1.54) is 6.08 Å². The SMILES string of the molecule is O=C1NC2CC(C(F)(F)F)=CCC2N1c1cccc(Br)c1. The Morgan fingerprint density at radius 1 is 1.33 bits per heavy atom. The molecule has 1 aromatic rings. The van der Waals surface area contributed by atoms with Gasteiger partial charge < -0.3 is 5.32 Å². The highest BCUT2D eigenvalue weighted by Gasteiger charge is 2.46. The second-order valence-corrected chi connectivity index (χ2v) is 6.06. The van der Waals surface area contributed by atoms with Gasteiger partial charge in [0.15, 0.2) is 0 Å². The van der Waals surface area contributed by atoms with Crippen LogP contribution in [0.2, 0.25) is 0 Å². The standard InChI is InChI=1S/C14H12BrF3N2O/c15-9-2-1-3-10(7-9)20-12-5-4-8(14(16,17)18)6-11(12)19-13(20)21/h1-4,7,11-12H,5-6H2,(H,19,21). The molecule has 2 amide bonds. The minimum absolute atomic E-state index is 0.176. The third kappa shape index (κ3) is 2.66. The Morgan fingerprint density at radius 3 is 2.76 bits per heavy atom. The number of carbonyl (C=O) groups excluding carboxylic acids is 1. The van der Waals surface area contributed by atoms with E-state index in [0.29, 0.717) is 5.69 Å². The highest BCUT2D eigenvalue weighted by atomic mass is 79.9. The Morgan fingerprint density at radius 2 is 2.10 bits per heavy atom. The van der Waals surface area contributed by atoms with E-state index >= 15 is 0 Å². The van der Waals surface area contributed by atoms with E-state index in [9.17, 15) is 18.0 Å². The molecule has 0 aromatic heterocycles. The van der Waals surface area contributed by atoms with Gasteiger partial charge in [0, 0.05) is 15.7 Å². The molecular weight excluding hydrogens is 349 g/mol. The van der Waals surface area contributed by atoms with Crippen molar-refractivity contribution in [2.24, 2.45) is 0 Å². The van der Waals surface area contributed by atoms with Crippen LogP contribution in [0, 0.1) is 0 Å². The number of rotatable bonds is 1. The van der Waals surface area contributed by atoms with Gasteiger partial charge in [0.2, 0.25) is 0 Å². The number of anilines is 1. The molecule has 1 heterocycles. The molecule has 2 aliphatic rings.